The summed E-state index contributed by atoms with van der Waals surface area (Å²) in [5, 5.41) is 2.57. The van der Waals surface area contributed by atoms with E-state index in [2.05, 4.69) is 5.32 Å². The van der Waals surface area contributed by atoms with Crippen molar-refractivity contribution in [3.8, 4) is 0 Å². The van der Waals surface area contributed by atoms with Crippen molar-refractivity contribution in [1.82, 2.24) is 5.32 Å². The fourth-order valence-electron chi connectivity index (χ4n) is 1.57. The van der Waals surface area contributed by atoms with Crippen molar-refractivity contribution in [3.63, 3.8) is 0 Å². The molecular formula is C14H18FNO3. The van der Waals surface area contributed by atoms with Gasteiger partial charge in [-0.1, -0.05) is 6.07 Å². The SMILES string of the molecule is CCOC(=O)CCCNC(=O)c1ccc(C)cc1F. The lowest BCUT2D eigenvalue weighted by Crippen LogP contribution is -2.26. The highest BCUT2D eigenvalue weighted by Gasteiger charge is 2.11. The first-order chi connectivity index (χ1) is 9.04. The third-order valence-corrected chi connectivity index (χ3v) is 2.52. The number of hydrogen-bond acceptors (Lipinski definition) is 3. The van der Waals surface area contributed by atoms with Gasteiger partial charge < -0.3 is 10.1 Å². The Morgan fingerprint density at radius 2 is 2.11 bits per heavy atom. The van der Waals surface area contributed by atoms with Gasteiger partial charge in [0.1, 0.15) is 5.82 Å². The maximum atomic E-state index is 13.5. The lowest BCUT2D eigenvalue weighted by molar-refractivity contribution is -0.143. The number of aryl methyl sites for hydroxylation is 1. The van der Waals surface area contributed by atoms with Gasteiger partial charge in [-0.3, -0.25) is 9.59 Å². The first-order valence-corrected chi connectivity index (χ1v) is 6.24. The fraction of sp³-hybridized carbons (Fsp3) is 0.429. The van der Waals surface area contributed by atoms with E-state index in [4.69, 9.17) is 4.74 Å². The number of carbonyl (C=O) groups excluding carboxylic acids is 2. The Kier molecular flexibility index (Phi) is 5.99. The van der Waals surface area contributed by atoms with Crippen LogP contribution >= 0.6 is 0 Å². The molecule has 0 atom stereocenters. The smallest absolute Gasteiger partial charge is 0.305 e. The van der Waals surface area contributed by atoms with Crippen LogP contribution in [0.2, 0.25) is 0 Å². The Morgan fingerprint density at radius 1 is 1.37 bits per heavy atom. The average molecular weight is 267 g/mol. The van der Waals surface area contributed by atoms with E-state index in [0.717, 1.165) is 5.56 Å². The zero-order chi connectivity index (χ0) is 14.3. The predicted octanol–water partition coefficient (Wildman–Crippen LogP) is 2.21. The molecule has 1 rings (SSSR count). The highest BCUT2D eigenvalue weighted by atomic mass is 19.1. The van der Waals surface area contributed by atoms with Crippen LogP contribution in [0.4, 0.5) is 4.39 Å². The van der Waals surface area contributed by atoms with Crippen molar-refractivity contribution >= 4 is 11.9 Å². The summed E-state index contributed by atoms with van der Waals surface area (Å²) in [6, 6.07) is 4.44. The molecule has 0 aliphatic heterocycles. The molecule has 0 aromatic heterocycles. The van der Waals surface area contributed by atoms with Gasteiger partial charge in [-0.2, -0.15) is 0 Å². The zero-order valence-corrected chi connectivity index (χ0v) is 11.2. The Balaban J connectivity index is 2.37. The van der Waals surface area contributed by atoms with Crippen molar-refractivity contribution in [2.45, 2.75) is 26.7 Å². The molecular weight excluding hydrogens is 249 g/mol. The van der Waals surface area contributed by atoms with Gasteiger partial charge >= 0.3 is 5.97 Å². The quantitative estimate of drug-likeness (QED) is 0.635. The van der Waals surface area contributed by atoms with E-state index in [9.17, 15) is 14.0 Å². The maximum Gasteiger partial charge on any atom is 0.305 e. The third-order valence-electron chi connectivity index (χ3n) is 2.52. The minimum Gasteiger partial charge on any atom is -0.466 e. The minimum absolute atomic E-state index is 0.0155. The van der Waals surface area contributed by atoms with Gasteiger partial charge in [0.2, 0.25) is 0 Å². The molecule has 1 N–H and O–H groups in total. The van der Waals surface area contributed by atoms with Gasteiger partial charge in [-0.05, 0) is 38.0 Å². The molecule has 0 fully saturated rings. The summed E-state index contributed by atoms with van der Waals surface area (Å²) in [7, 11) is 0. The van der Waals surface area contributed by atoms with Crippen molar-refractivity contribution < 1.29 is 18.7 Å². The van der Waals surface area contributed by atoms with Gasteiger partial charge in [-0.15, -0.1) is 0 Å². The molecule has 5 heteroatoms. The second kappa shape index (κ2) is 7.51. The molecule has 1 aromatic carbocycles. The first-order valence-electron chi connectivity index (χ1n) is 6.24. The fourth-order valence-corrected chi connectivity index (χ4v) is 1.57. The van der Waals surface area contributed by atoms with Crippen LogP contribution in [-0.4, -0.2) is 25.0 Å². The summed E-state index contributed by atoms with van der Waals surface area (Å²) in [5.74, 6) is -1.30. The van der Waals surface area contributed by atoms with Crippen LogP contribution < -0.4 is 5.32 Å². The Labute approximate surface area is 112 Å². The molecule has 0 unspecified atom stereocenters. The highest BCUT2D eigenvalue weighted by molar-refractivity contribution is 5.94. The zero-order valence-electron chi connectivity index (χ0n) is 11.2. The van der Waals surface area contributed by atoms with E-state index in [-0.39, 0.29) is 18.0 Å². The molecule has 0 saturated heterocycles. The molecule has 1 aromatic rings. The first kappa shape index (κ1) is 15.1. The number of esters is 1. The van der Waals surface area contributed by atoms with Crippen molar-refractivity contribution in [3.05, 3.63) is 35.1 Å². The van der Waals surface area contributed by atoms with Crippen LogP contribution in [0.25, 0.3) is 0 Å². The number of ether oxygens (including phenoxy) is 1. The molecule has 104 valence electrons. The van der Waals surface area contributed by atoms with Crippen LogP contribution in [0.15, 0.2) is 18.2 Å². The molecule has 0 aliphatic carbocycles. The van der Waals surface area contributed by atoms with E-state index < -0.39 is 11.7 Å². The van der Waals surface area contributed by atoms with E-state index in [1.54, 1.807) is 19.9 Å². The van der Waals surface area contributed by atoms with Crippen LogP contribution in [0, 0.1) is 12.7 Å². The van der Waals surface area contributed by atoms with E-state index in [0.29, 0.717) is 19.6 Å². The number of benzene rings is 1. The predicted molar refractivity (Wildman–Crippen MR) is 69.3 cm³/mol. The summed E-state index contributed by atoms with van der Waals surface area (Å²) < 4.78 is 18.3. The summed E-state index contributed by atoms with van der Waals surface area (Å²) in [6.45, 7) is 4.15. The standard InChI is InChI=1S/C14H18FNO3/c1-3-19-13(17)5-4-8-16-14(18)11-7-6-10(2)9-12(11)15/h6-7,9H,3-5,8H2,1-2H3,(H,16,18). The van der Waals surface area contributed by atoms with Crippen LogP contribution in [0.5, 0.6) is 0 Å². The molecule has 1 amide bonds. The van der Waals surface area contributed by atoms with Crippen LogP contribution in [0.1, 0.15) is 35.7 Å². The summed E-state index contributed by atoms with van der Waals surface area (Å²) >= 11 is 0. The number of hydrogen-bond donors (Lipinski definition) is 1. The number of rotatable bonds is 6. The largest absolute Gasteiger partial charge is 0.466 e. The van der Waals surface area contributed by atoms with E-state index >= 15 is 0 Å². The average Bonchev–Trinajstić information content (AvgIpc) is 2.34. The monoisotopic (exact) mass is 267 g/mol. The number of carbonyl (C=O) groups is 2. The lowest BCUT2D eigenvalue weighted by Gasteiger charge is -2.06. The molecule has 0 spiro atoms. The van der Waals surface area contributed by atoms with Crippen molar-refractivity contribution in [1.29, 1.82) is 0 Å². The topological polar surface area (TPSA) is 55.4 Å². The summed E-state index contributed by atoms with van der Waals surface area (Å²) in [4.78, 5) is 22.7. The van der Waals surface area contributed by atoms with E-state index in [1.165, 1.54) is 12.1 Å². The lowest BCUT2D eigenvalue weighted by atomic mass is 10.1. The third kappa shape index (κ3) is 5.07. The van der Waals surface area contributed by atoms with Crippen LogP contribution in [-0.2, 0) is 9.53 Å². The Hall–Kier alpha value is -1.91. The van der Waals surface area contributed by atoms with Crippen molar-refractivity contribution in [2.24, 2.45) is 0 Å². The second-order valence-electron chi connectivity index (χ2n) is 4.15. The highest BCUT2D eigenvalue weighted by Crippen LogP contribution is 2.09. The Bertz CT molecular complexity index is 460. The van der Waals surface area contributed by atoms with Gasteiger partial charge in [0.15, 0.2) is 0 Å². The molecule has 0 bridgehead atoms. The van der Waals surface area contributed by atoms with Gasteiger partial charge in [0, 0.05) is 13.0 Å². The minimum atomic E-state index is -0.539. The van der Waals surface area contributed by atoms with Crippen molar-refractivity contribution in [2.75, 3.05) is 13.2 Å². The number of nitrogens with one attached hydrogen (secondary N) is 1. The maximum absolute atomic E-state index is 13.5. The second-order valence-corrected chi connectivity index (χ2v) is 4.15. The summed E-state index contributed by atoms with van der Waals surface area (Å²) in [5.41, 5.74) is 0.776. The number of amides is 1. The summed E-state index contributed by atoms with van der Waals surface area (Å²) in [6.07, 6.45) is 0.711. The molecule has 19 heavy (non-hydrogen) atoms. The molecule has 0 radical (unpaired) electrons. The number of halogens is 1. The molecule has 0 saturated carbocycles. The van der Waals surface area contributed by atoms with E-state index in [1.807, 2.05) is 0 Å². The van der Waals surface area contributed by atoms with Gasteiger partial charge in [0.25, 0.3) is 5.91 Å². The van der Waals surface area contributed by atoms with Gasteiger partial charge in [0.05, 0.1) is 12.2 Å². The van der Waals surface area contributed by atoms with Crippen LogP contribution in [0.3, 0.4) is 0 Å². The molecule has 0 aliphatic rings. The van der Waals surface area contributed by atoms with Gasteiger partial charge in [-0.25, -0.2) is 4.39 Å². The molecule has 4 nitrogen and oxygen atoms in total. The Morgan fingerprint density at radius 3 is 2.74 bits per heavy atom. The normalized spacial score (nSPS) is 10.1. The molecule has 0 heterocycles.